The Bertz CT molecular complexity index is 859. The molecule has 0 aromatic heterocycles. The highest BCUT2D eigenvalue weighted by molar-refractivity contribution is 7.80. The molecule has 0 saturated heterocycles. The number of amides is 2. The van der Waals surface area contributed by atoms with Gasteiger partial charge in [0.25, 0.3) is 17.5 Å². The van der Waals surface area contributed by atoms with Gasteiger partial charge in [-0.1, -0.05) is 18.2 Å². The molecule has 10 heteroatoms. The Morgan fingerprint density at radius 1 is 1.04 bits per heavy atom. The van der Waals surface area contributed by atoms with Crippen LogP contribution in [-0.2, 0) is 0 Å². The number of carbonyl (C=O) groups is 2. The van der Waals surface area contributed by atoms with Crippen LogP contribution in [0.1, 0.15) is 20.7 Å². The summed E-state index contributed by atoms with van der Waals surface area (Å²) in [6.45, 7) is 0. The highest BCUT2D eigenvalue weighted by atomic mass is 32.1. The molecule has 0 bridgehead atoms. The molecule has 0 unspecified atom stereocenters. The maximum absolute atomic E-state index is 13.5. The molecule has 0 spiro atoms. The maximum atomic E-state index is 13.5. The smallest absolute Gasteiger partial charge is 0.270 e. The standard InChI is InChI=1S/C15H11FN4O4S/c16-12-7-2-1-6-11(12)14(22)17-15(25)19-18-13(21)9-4-3-5-10(8-9)20(23)24/h1-8H,(H,18,21)(H2,17,19,22,25). The van der Waals surface area contributed by atoms with Crippen LogP contribution in [0.25, 0.3) is 0 Å². The molecule has 2 aromatic rings. The molecule has 0 aliphatic rings. The van der Waals surface area contributed by atoms with Crippen LogP contribution >= 0.6 is 12.2 Å². The summed E-state index contributed by atoms with van der Waals surface area (Å²) in [5, 5.41) is 12.6. The van der Waals surface area contributed by atoms with Gasteiger partial charge in [0.2, 0.25) is 0 Å². The van der Waals surface area contributed by atoms with Gasteiger partial charge >= 0.3 is 0 Å². The van der Waals surface area contributed by atoms with Gasteiger partial charge in [-0.05, 0) is 30.4 Å². The number of hydrogen-bond donors (Lipinski definition) is 3. The number of carbonyl (C=O) groups excluding carboxylic acids is 2. The highest BCUT2D eigenvalue weighted by Gasteiger charge is 2.14. The van der Waals surface area contributed by atoms with E-state index in [2.05, 4.69) is 16.2 Å². The van der Waals surface area contributed by atoms with E-state index in [0.29, 0.717) is 0 Å². The van der Waals surface area contributed by atoms with Crippen molar-refractivity contribution in [3.63, 3.8) is 0 Å². The van der Waals surface area contributed by atoms with E-state index in [0.717, 1.165) is 12.1 Å². The number of hydrogen-bond acceptors (Lipinski definition) is 5. The molecule has 0 aliphatic carbocycles. The monoisotopic (exact) mass is 362 g/mol. The number of nitrogens with zero attached hydrogens (tertiary/aromatic N) is 1. The van der Waals surface area contributed by atoms with Crippen molar-refractivity contribution >= 4 is 34.8 Å². The zero-order chi connectivity index (χ0) is 18.4. The first-order valence-electron chi connectivity index (χ1n) is 6.79. The lowest BCUT2D eigenvalue weighted by molar-refractivity contribution is -0.384. The summed E-state index contributed by atoms with van der Waals surface area (Å²) in [7, 11) is 0. The first-order chi connectivity index (χ1) is 11.9. The molecule has 0 saturated carbocycles. The Morgan fingerprint density at radius 2 is 1.76 bits per heavy atom. The first-order valence-corrected chi connectivity index (χ1v) is 7.20. The summed E-state index contributed by atoms with van der Waals surface area (Å²) in [5.41, 5.74) is 3.99. The molecule has 0 fully saturated rings. The van der Waals surface area contributed by atoms with Crippen LogP contribution in [0, 0.1) is 15.9 Å². The van der Waals surface area contributed by atoms with Crippen LogP contribution in [-0.4, -0.2) is 21.9 Å². The van der Waals surface area contributed by atoms with Crippen molar-refractivity contribution in [3.8, 4) is 0 Å². The normalized spacial score (nSPS) is 9.80. The average Bonchev–Trinajstić information content (AvgIpc) is 2.60. The molecule has 2 rings (SSSR count). The van der Waals surface area contributed by atoms with Gasteiger partial charge in [-0.15, -0.1) is 0 Å². The minimum Gasteiger partial charge on any atom is -0.298 e. The van der Waals surface area contributed by atoms with Crippen LogP contribution in [0.3, 0.4) is 0 Å². The second-order valence-electron chi connectivity index (χ2n) is 4.65. The SMILES string of the molecule is O=C(NNC(=S)NC(=O)c1ccccc1F)c1cccc([N+](=O)[O-])c1. The minimum atomic E-state index is -0.791. The topological polar surface area (TPSA) is 113 Å². The molecule has 8 nitrogen and oxygen atoms in total. The van der Waals surface area contributed by atoms with E-state index in [-0.39, 0.29) is 21.9 Å². The number of halogens is 1. The minimum absolute atomic E-state index is 0.0185. The van der Waals surface area contributed by atoms with Gasteiger partial charge in [-0.25, -0.2) is 4.39 Å². The second kappa shape index (κ2) is 7.93. The summed E-state index contributed by atoms with van der Waals surface area (Å²) in [6, 6.07) is 10.3. The van der Waals surface area contributed by atoms with Crippen LogP contribution in [0.2, 0.25) is 0 Å². The molecule has 0 atom stereocenters. The van der Waals surface area contributed by atoms with Crippen molar-refractivity contribution in [1.82, 2.24) is 16.2 Å². The van der Waals surface area contributed by atoms with E-state index in [4.69, 9.17) is 12.2 Å². The van der Waals surface area contributed by atoms with Gasteiger partial charge in [0.05, 0.1) is 10.5 Å². The number of benzene rings is 2. The number of rotatable bonds is 3. The van der Waals surface area contributed by atoms with Gasteiger partial charge in [0.1, 0.15) is 5.82 Å². The number of nitro benzene ring substituents is 1. The van der Waals surface area contributed by atoms with Crippen molar-refractivity contribution in [2.45, 2.75) is 0 Å². The van der Waals surface area contributed by atoms with E-state index < -0.39 is 22.6 Å². The van der Waals surface area contributed by atoms with Crippen molar-refractivity contribution in [1.29, 1.82) is 0 Å². The number of hydrazine groups is 1. The summed E-state index contributed by atoms with van der Waals surface area (Å²) < 4.78 is 13.5. The molecule has 0 heterocycles. The lowest BCUT2D eigenvalue weighted by Crippen LogP contribution is -2.48. The average molecular weight is 362 g/mol. The van der Waals surface area contributed by atoms with Gasteiger partial charge in [-0.3, -0.25) is 35.9 Å². The molecular formula is C15H11FN4O4S. The quantitative estimate of drug-likeness (QED) is 0.435. The highest BCUT2D eigenvalue weighted by Crippen LogP contribution is 2.12. The number of non-ortho nitro benzene ring substituents is 1. The number of nitrogens with one attached hydrogen (secondary N) is 3. The lowest BCUT2D eigenvalue weighted by atomic mass is 10.2. The van der Waals surface area contributed by atoms with Crippen molar-refractivity contribution in [2.24, 2.45) is 0 Å². The van der Waals surface area contributed by atoms with Gasteiger partial charge in [-0.2, -0.15) is 0 Å². The third-order valence-corrected chi connectivity index (χ3v) is 3.16. The van der Waals surface area contributed by atoms with Crippen LogP contribution < -0.4 is 16.2 Å². The number of thiocarbonyl (C=S) groups is 1. The Hall–Kier alpha value is -3.40. The van der Waals surface area contributed by atoms with Crippen LogP contribution in [0.15, 0.2) is 48.5 Å². The van der Waals surface area contributed by atoms with E-state index in [1.807, 2.05) is 0 Å². The Labute approximate surface area is 146 Å². The van der Waals surface area contributed by atoms with Gasteiger partial charge in [0.15, 0.2) is 5.11 Å². The molecule has 3 N–H and O–H groups in total. The summed E-state index contributed by atoms with van der Waals surface area (Å²) >= 11 is 4.82. The maximum Gasteiger partial charge on any atom is 0.270 e. The fourth-order valence-corrected chi connectivity index (χ4v) is 1.94. The first kappa shape index (κ1) is 17.9. The Morgan fingerprint density at radius 3 is 2.44 bits per heavy atom. The summed E-state index contributed by atoms with van der Waals surface area (Å²) in [6.07, 6.45) is 0. The Kier molecular flexibility index (Phi) is 5.69. The van der Waals surface area contributed by atoms with Gasteiger partial charge < -0.3 is 0 Å². The van der Waals surface area contributed by atoms with Crippen molar-refractivity contribution < 1.29 is 18.9 Å². The molecule has 0 aliphatic heterocycles. The number of nitro groups is 1. The molecule has 128 valence electrons. The van der Waals surface area contributed by atoms with Crippen molar-refractivity contribution in [2.75, 3.05) is 0 Å². The molecule has 0 radical (unpaired) electrons. The van der Waals surface area contributed by atoms with E-state index in [9.17, 15) is 24.1 Å². The van der Waals surface area contributed by atoms with Crippen LogP contribution in [0.4, 0.5) is 10.1 Å². The lowest BCUT2D eigenvalue weighted by Gasteiger charge is -2.11. The van der Waals surface area contributed by atoms with E-state index in [1.165, 1.54) is 36.4 Å². The zero-order valence-electron chi connectivity index (χ0n) is 12.5. The fourth-order valence-electron chi connectivity index (χ4n) is 1.79. The van der Waals surface area contributed by atoms with E-state index in [1.54, 1.807) is 0 Å². The second-order valence-corrected chi connectivity index (χ2v) is 5.06. The summed E-state index contributed by atoms with van der Waals surface area (Å²) in [5.74, 6) is -2.21. The van der Waals surface area contributed by atoms with Crippen molar-refractivity contribution in [3.05, 3.63) is 75.6 Å². The predicted octanol–water partition coefficient (Wildman–Crippen LogP) is 1.68. The zero-order valence-corrected chi connectivity index (χ0v) is 13.3. The largest absolute Gasteiger partial charge is 0.298 e. The van der Waals surface area contributed by atoms with Gasteiger partial charge in [0, 0.05) is 17.7 Å². The Balaban J connectivity index is 1.92. The molecule has 25 heavy (non-hydrogen) atoms. The third kappa shape index (κ3) is 4.78. The fraction of sp³-hybridized carbons (Fsp3) is 0. The molecular weight excluding hydrogens is 351 g/mol. The molecule has 2 amide bonds. The van der Waals surface area contributed by atoms with E-state index >= 15 is 0 Å². The predicted molar refractivity (Wildman–Crippen MR) is 90.2 cm³/mol. The van der Waals surface area contributed by atoms with Crippen LogP contribution in [0.5, 0.6) is 0 Å². The third-order valence-electron chi connectivity index (χ3n) is 2.95. The summed E-state index contributed by atoms with van der Waals surface area (Å²) in [4.78, 5) is 33.8. The molecule has 2 aromatic carbocycles.